The number of carbonyl (C=O) groups excluding carboxylic acids is 1. The molecule has 0 aliphatic rings. The molecule has 0 aliphatic heterocycles. The van der Waals surface area contributed by atoms with Gasteiger partial charge in [-0.25, -0.2) is 0 Å². The number of nitro groups is 1. The molecule has 0 fully saturated rings. The number of thioether (sulfide) groups is 2. The Bertz CT molecular complexity index is 720. The summed E-state index contributed by atoms with van der Waals surface area (Å²) in [5.41, 5.74) is 0.475. The van der Waals surface area contributed by atoms with E-state index in [0.717, 1.165) is 9.79 Å². The Labute approximate surface area is 136 Å². The number of anilines is 1. The maximum absolute atomic E-state index is 12.4. The van der Waals surface area contributed by atoms with Gasteiger partial charge in [-0.3, -0.25) is 14.9 Å². The quantitative estimate of drug-likeness (QED) is 0.501. The van der Waals surface area contributed by atoms with Crippen molar-refractivity contribution >= 4 is 40.8 Å². The Morgan fingerprint density at radius 3 is 2.41 bits per heavy atom. The first-order valence-electron chi connectivity index (χ1n) is 6.33. The highest BCUT2D eigenvalue weighted by Gasteiger charge is 2.20. The molecule has 0 aliphatic carbocycles. The Morgan fingerprint density at radius 1 is 1.09 bits per heavy atom. The normalized spacial score (nSPS) is 10.3. The van der Waals surface area contributed by atoms with Crippen molar-refractivity contribution in [3.05, 3.63) is 58.1 Å². The molecule has 0 atom stereocenters. The van der Waals surface area contributed by atoms with Crippen LogP contribution in [0.4, 0.5) is 11.4 Å². The van der Waals surface area contributed by atoms with E-state index in [1.807, 2.05) is 30.7 Å². The number of hydrogen-bond acceptors (Lipinski definition) is 5. The monoisotopic (exact) mass is 334 g/mol. The van der Waals surface area contributed by atoms with Crippen LogP contribution < -0.4 is 5.32 Å². The lowest BCUT2D eigenvalue weighted by Gasteiger charge is -2.08. The standard InChI is InChI=1S/C15H14N2O3S2/c1-21-11-5-3-4-10(8-11)16-15(18)13-9-12(22-2)6-7-14(13)17(19)20/h3-9H,1-2H3,(H,16,18). The van der Waals surface area contributed by atoms with Crippen molar-refractivity contribution in [3.63, 3.8) is 0 Å². The Balaban J connectivity index is 2.33. The molecule has 0 bridgehead atoms. The van der Waals surface area contributed by atoms with Crippen LogP contribution >= 0.6 is 23.5 Å². The van der Waals surface area contributed by atoms with E-state index in [1.165, 1.54) is 23.9 Å². The van der Waals surface area contributed by atoms with Gasteiger partial charge >= 0.3 is 0 Å². The van der Waals surface area contributed by atoms with Gasteiger partial charge in [-0.15, -0.1) is 23.5 Å². The zero-order valence-corrected chi connectivity index (χ0v) is 13.7. The number of benzene rings is 2. The van der Waals surface area contributed by atoms with Gasteiger partial charge in [-0.2, -0.15) is 0 Å². The molecule has 1 N–H and O–H groups in total. The van der Waals surface area contributed by atoms with Crippen LogP contribution in [0.25, 0.3) is 0 Å². The number of amides is 1. The minimum Gasteiger partial charge on any atom is -0.322 e. The summed E-state index contributed by atoms with van der Waals surface area (Å²) in [5.74, 6) is -0.485. The molecular weight excluding hydrogens is 320 g/mol. The van der Waals surface area contributed by atoms with E-state index in [2.05, 4.69) is 5.32 Å². The summed E-state index contributed by atoms with van der Waals surface area (Å²) in [4.78, 5) is 24.7. The van der Waals surface area contributed by atoms with Crippen molar-refractivity contribution in [2.75, 3.05) is 17.8 Å². The minimum absolute atomic E-state index is 0.0615. The molecule has 22 heavy (non-hydrogen) atoms. The number of nitro benzene ring substituents is 1. The van der Waals surface area contributed by atoms with Crippen LogP contribution in [0.2, 0.25) is 0 Å². The summed E-state index contributed by atoms with van der Waals surface area (Å²) in [6.45, 7) is 0. The molecular formula is C15H14N2O3S2. The van der Waals surface area contributed by atoms with Crippen LogP contribution in [0.1, 0.15) is 10.4 Å². The summed E-state index contributed by atoms with van der Waals surface area (Å²) in [5, 5.41) is 13.8. The van der Waals surface area contributed by atoms with Gasteiger partial charge in [0.2, 0.25) is 0 Å². The third kappa shape index (κ3) is 3.80. The second-order valence-electron chi connectivity index (χ2n) is 4.33. The first kappa shape index (κ1) is 16.4. The zero-order valence-electron chi connectivity index (χ0n) is 12.0. The zero-order chi connectivity index (χ0) is 16.1. The predicted molar refractivity (Wildman–Crippen MR) is 91.1 cm³/mol. The summed E-state index contributed by atoms with van der Waals surface area (Å²) >= 11 is 2.98. The van der Waals surface area contributed by atoms with E-state index < -0.39 is 10.8 Å². The molecule has 0 aromatic heterocycles. The van der Waals surface area contributed by atoms with Gasteiger partial charge in [0.05, 0.1) is 4.92 Å². The molecule has 0 unspecified atom stereocenters. The maximum Gasteiger partial charge on any atom is 0.282 e. The smallest absolute Gasteiger partial charge is 0.282 e. The second-order valence-corrected chi connectivity index (χ2v) is 6.09. The van der Waals surface area contributed by atoms with Crippen LogP contribution in [0, 0.1) is 10.1 Å². The number of carbonyl (C=O) groups is 1. The molecule has 7 heteroatoms. The molecule has 2 aromatic carbocycles. The highest BCUT2D eigenvalue weighted by atomic mass is 32.2. The molecule has 0 radical (unpaired) electrons. The first-order chi connectivity index (χ1) is 10.5. The topological polar surface area (TPSA) is 72.2 Å². The largest absolute Gasteiger partial charge is 0.322 e. The van der Waals surface area contributed by atoms with E-state index in [-0.39, 0.29) is 11.3 Å². The number of nitrogens with zero attached hydrogens (tertiary/aromatic N) is 1. The van der Waals surface area contributed by atoms with Gasteiger partial charge in [0.25, 0.3) is 11.6 Å². The SMILES string of the molecule is CSc1cccc(NC(=O)c2cc(SC)ccc2[N+](=O)[O-])c1. The lowest BCUT2D eigenvalue weighted by molar-refractivity contribution is -0.385. The van der Waals surface area contributed by atoms with Crippen molar-refractivity contribution in [2.45, 2.75) is 9.79 Å². The third-order valence-electron chi connectivity index (χ3n) is 2.97. The molecule has 0 saturated carbocycles. The van der Waals surface area contributed by atoms with Gasteiger partial charge in [0, 0.05) is 21.5 Å². The summed E-state index contributed by atoms with van der Waals surface area (Å²) < 4.78 is 0. The van der Waals surface area contributed by atoms with Crippen LogP contribution in [-0.2, 0) is 0 Å². The van der Waals surface area contributed by atoms with E-state index in [0.29, 0.717) is 5.69 Å². The van der Waals surface area contributed by atoms with Gasteiger partial charge in [0.1, 0.15) is 5.56 Å². The van der Waals surface area contributed by atoms with E-state index >= 15 is 0 Å². The van der Waals surface area contributed by atoms with E-state index in [4.69, 9.17) is 0 Å². The number of nitrogens with one attached hydrogen (secondary N) is 1. The van der Waals surface area contributed by atoms with Gasteiger partial charge < -0.3 is 5.32 Å². The molecule has 0 heterocycles. The maximum atomic E-state index is 12.4. The molecule has 114 valence electrons. The third-order valence-corrected chi connectivity index (χ3v) is 4.42. The summed E-state index contributed by atoms with van der Waals surface area (Å²) in [7, 11) is 0. The highest BCUT2D eigenvalue weighted by Crippen LogP contribution is 2.26. The summed E-state index contributed by atoms with van der Waals surface area (Å²) in [6.07, 6.45) is 3.79. The van der Waals surface area contributed by atoms with Gasteiger partial charge in [-0.1, -0.05) is 6.07 Å². The van der Waals surface area contributed by atoms with Crippen LogP contribution in [-0.4, -0.2) is 23.3 Å². The van der Waals surface area contributed by atoms with Crippen molar-refractivity contribution < 1.29 is 9.72 Å². The molecule has 2 rings (SSSR count). The van der Waals surface area contributed by atoms with Crippen molar-refractivity contribution in [3.8, 4) is 0 Å². The van der Waals surface area contributed by atoms with Crippen molar-refractivity contribution in [2.24, 2.45) is 0 Å². The lowest BCUT2D eigenvalue weighted by Crippen LogP contribution is -2.14. The van der Waals surface area contributed by atoms with E-state index in [9.17, 15) is 14.9 Å². The average Bonchev–Trinajstić information content (AvgIpc) is 2.54. The fourth-order valence-electron chi connectivity index (χ4n) is 1.88. The Kier molecular flexibility index (Phi) is 5.46. The molecule has 0 saturated heterocycles. The molecule has 1 amide bonds. The summed E-state index contributed by atoms with van der Waals surface area (Å²) in [6, 6.07) is 11.9. The fraction of sp³-hybridized carbons (Fsp3) is 0.133. The molecule has 5 nitrogen and oxygen atoms in total. The Morgan fingerprint density at radius 2 is 1.77 bits per heavy atom. The second kappa shape index (κ2) is 7.33. The Hall–Kier alpha value is -1.99. The average molecular weight is 334 g/mol. The van der Waals surface area contributed by atoms with Crippen molar-refractivity contribution in [1.29, 1.82) is 0 Å². The highest BCUT2D eigenvalue weighted by molar-refractivity contribution is 7.98. The van der Waals surface area contributed by atoms with Crippen molar-refractivity contribution in [1.82, 2.24) is 0 Å². The predicted octanol–water partition coefficient (Wildman–Crippen LogP) is 4.29. The van der Waals surface area contributed by atoms with Crippen LogP contribution in [0.5, 0.6) is 0 Å². The number of rotatable bonds is 5. The van der Waals surface area contributed by atoms with Crippen LogP contribution in [0.15, 0.2) is 52.3 Å². The van der Waals surface area contributed by atoms with Crippen LogP contribution in [0.3, 0.4) is 0 Å². The number of hydrogen-bond donors (Lipinski definition) is 1. The van der Waals surface area contributed by atoms with Gasteiger partial charge in [-0.05, 0) is 42.8 Å². The fourth-order valence-corrected chi connectivity index (χ4v) is 2.78. The first-order valence-corrected chi connectivity index (χ1v) is 8.78. The van der Waals surface area contributed by atoms with E-state index in [1.54, 1.807) is 23.9 Å². The van der Waals surface area contributed by atoms with Gasteiger partial charge in [0.15, 0.2) is 0 Å². The minimum atomic E-state index is -0.544. The molecule has 2 aromatic rings. The lowest BCUT2D eigenvalue weighted by atomic mass is 10.1. The molecule has 0 spiro atoms.